The van der Waals surface area contributed by atoms with E-state index in [1.165, 1.54) is 18.3 Å². The predicted molar refractivity (Wildman–Crippen MR) is 42.8 cm³/mol. The molecule has 0 aliphatic heterocycles. The molecule has 0 unspecified atom stereocenters. The van der Waals surface area contributed by atoms with Gasteiger partial charge in [0.1, 0.15) is 0 Å². The van der Waals surface area contributed by atoms with Crippen LogP contribution in [0.2, 0.25) is 0 Å². The van der Waals surface area contributed by atoms with E-state index in [9.17, 15) is 9.59 Å². The van der Waals surface area contributed by atoms with Crippen molar-refractivity contribution in [3.8, 4) is 0 Å². The lowest BCUT2D eigenvalue weighted by atomic mass is 10.2. The van der Waals surface area contributed by atoms with Gasteiger partial charge in [-0.2, -0.15) is 0 Å². The highest BCUT2D eigenvalue weighted by Gasteiger charge is 2.15. The minimum atomic E-state index is -1.26. The first kappa shape index (κ1) is 9.14. The monoisotopic (exact) mass is 181 g/mol. The number of rotatable bonds is 2. The first-order chi connectivity index (χ1) is 6.16. The van der Waals surface area contributed by atoms with Gasteiger partial charge in [0.25, 0.3) is 5.91 Å². The number of nitrogen functional groups attached to an aromatic ring is 1. The zero-order chi connectivity index (χ0) is 9.84. The van der Waals surface area contributed by atoms with E-state index in [0.717, 1.165) is 0 Å². The quantitative estimate of drug-likeness (QED) is 0.320. The number of amides is 1. The van der Waals surface area contributed by atoms with Crippen molar-refractivity contribution in [3.05, 3.63) is 29.6 Å². The van der Waals surface area contributed by atoms with Gasteiger partial charge in [0.15, 0.2) is 5.69 Å². The van der Waals surface area contributed by atoms with E-state index in [1.54, 1.807) is 0 Å². The van der Waals surface area contributed by atoms with Crippen molar-refractivity contribution in [2.75, 3.05) is 0 Å². The number of aromatic carboxylic acids is 1. The number of pyridine rings is 1. The van der Waals surface area contributed by atoms with Crippen LogP contribution in [-0.4, -0.2) is 22.0 Å². The second-order valence-electron chi connectivity index (χ2n) is 2.18. The highest BCUT2D eigenvalue weighted by Crippen LogP contribution is 2.04. The molecule has 4 N–H and O–H groups in total. The van der Waals surface area contributed by atoms with E-state index in [1.807, 2.05) is 5.43 Å². The number of hydrogen-bond donors (Lipinski definition) is 3. The number of nitrogens with zero attached hydrogens (tertiary/aromatic N) is 1. The molecule has 1 amide bonds. The van der Waals surface area contributed by atoms with Crippen LogP contribution < -0.4 is 11.3 Å². The summed E-state index contributed by atoms with van der Waals surface area (Å²) in [6.45, 7) is 0. The summed E-state index contributed by atoms with van der Waals surface area (Å²) in [7, 11) is 0. The number of carbonyl (C=O) groups excluding carboxylic acids is 1. The van der Waals surface area contributed by atoms with Crippen molar-refractivity contribution in [3.63, 3.8) is 0 Å². The van der Waals surface area contributed by atoms with Crippen LogP contribution in [0.25, 0.3) is 0 Å². The Labute approximate surface area is 73.4 Å². The van der Waals surface area contributed by atoms with E-state index in [-0.39, 0.29) is 11.3 Å². The van der Waals surface area contributed by atoms with Crippen LogP contribution in [0.3, 0.4) is 0 Å². The number of carbonyl (C=O) groups is 2. The summed E-state index contributed by atoms with van der Waals surface area (Å²) in [5, 5.41) is 8.63. The predicted octanol–water partition coefficient (Wildman–Crippen LogP) is -0.617. The Morgan fingerprint density at radius 2 is 2.23 bits per heavy atom. The lowest BCUT2D eigenvalue weighted by molar-refractivity contribution is 0.0684. The molecule has 0 bridgehead atoms. The average Bonchev–Trinajstić information content (AvgIpc) is 2.16. The molecular formula is C7H7N3O3. The zero-order valence-corrected chi connectivity index (χ0v) is 6.52. The maximum absolute atomic E-state index is 11.0. The van der Waals surface area contributed by atoms with Gasteiger partial charge >= 0.3 is 5.97 Å². The molecule has 0 radical (unpaired) electrons. The molecule has 0 saturated carbocycles. The fourth-order valence-electron chi connectivity index (χ4n) is 0.837. The smallest absolute Gasteiger partial charge is 0.355 e. The van der Waals surface area contributed by atoms with Gasteiger partial charge < -0.3 is 5.11 Å². The van der Waals surface area contributed by atoms with E-state index >= 15 is 0 Å². The average molecular weight is 181 g/mol. The van der Waals surface area contributed by atoms with Crippen LogP contribution in [-0.2, 0) is 0 Å². The van der Waals surface area contributed by atoms with Gasteiger partial charge in [-0.3, -0.25) is 10.2 Å². The molecule has 6 heteroatoms. The molecule has 1 aromatic rings. The van der Waals surface area contributed by atoms with Crippen LogP contribution in [0, 0.1) is 0 Å². The molecule has 68 valence electrons. The Morgan fingerprint density at radius 3 is 2.77 bits per heavy atom. The Morgan fingerprint density at radius 1 is 1.54 bits per heavy atom. The van der Waals surface area contributed by atoms with Gasteiger partial charge in [-0.25, -0.2) is 15.6 Å². The molecule has 0 aromatic carbocycles. The normalized spacial score (nSPS) is 9.31. The lowest BCUT2D eigenvalue weighted by Gasteiger charge is -2.01. The van der Waals surface area contributed by atoms with Crippen LogP contribution >= 0.6 is 0 Å². The molecule has 0 saturated heterocycles. The van der Waals surface area contributed by atoms with Crippen molar-refractivity contribution in [2.45, 2.75) is 0 Å². The topological polar surface area (TPSA) is 105 Å². The first-order valence-electron chi connectivity index (χ1n) is 3.36. The maximum Gasteiger partial charge on any atom is 0.355 e. The molecule has 0 aliphatic carbocycles. The lowest BCUT2D eigenvalue weighted by Crippen LogP contribution is -2.31. The molecule has 1 aromatic heterocycles. The molecule has 13 heavy (non-hydrogen) atoms. The maximum atomic E-state index is 11.0. The van der Waals surface area contributed by atoms with Crippen molar-refractivity contribution in [1.29, 1.82) is 0 Å². The van der Waals surface area contributed by atoms with Gasteiger partial charge in [-0.15, -0.1) is 0 Å². The fourth-order valence-corrected chi connectivity index (χ4v) is 0.837. The Kier molecular flexibility index (Phi) is 2.56. The number of hydrogen-bond acceptors (Lipinski definition) is 4. The van der Waals surface area contributed by atoms with Crippen molar-refractivity contribution >= 4 is 11.9 Å². The van der Waals surface area contributed by atoms with Crippen LogP contribution in [0.5, 0.6) is 0 Å². The first-order valence-corrected chi connectivity index (χ1v) is 3.36. The van der Waals surface area contributed by atoms with E-state index in [2.05, 4.69) is 4.98 Å². The van der Waals surface area contributed by atoms with Crippen molar-refractivity contribution < 1.29 is 14.7 Å². The second kappa shape index (κ2) is 3.63. The third-order valence-electron chi connectivity index (χ3n) is 1.39. The van der Waals surface area contributed by atoms with Crippen molar-refractivity contribution in [1.82, 2.24) is 10.4 Å². The minimum absolute atomic E-state index is 0.0579. The summed E-state index contributed by atoms with van der Waals surface area (Å²) in [6.07, 6.45) is 1.29. The van der Waals surface area contributed by atoms with Crippen LogP contribution in [0.1, 0.15) is 20.8 Å². The Bertz CT molecular complexity index is 351. The summed E-state index contributed by atoms with van der Waals surface area (Å²) < 4.78 is 0. The van der Waals surface area contributed by atoms with E-state index in [4.69, 9.17) is 10.9 Å². The molecule has 1 rings (SSSR count). The number of aromatic nitrogens is 1. The molecule has 0 fully saturated rings. The number of nitrogens with one attached hydrogen (secondary N) is 1. The molecular weight excluding hydrogens is 174 g/mol. The molecule has 0 spiro atoms. The van der Waals surface area contributed by atoms with Gasteiger partial charge in [0.2, 0.25) is 0 Å². The Balaban J connectivity index is 3.19. The summed E-state index contributed by atoms with van der Waals surface area (Å²) in [6, 6.07) is 2.79. The molecule has 1 heterocycles. The number of carboxylic acids is 1. The third-order valence-corrected chi connectivity index (χ3v) is 1.39. The van der Waals surface area contributed by atoms with Crippen molar-refractivity contribution in [2.24, 2.45) is 5.84 Å². The summed E-state index contributed by atoms with van der Waals surface area (Å²) in [5.74, 6) is 2.91. The summed E-state index contributed by atoms with van der Waals surface area (Å²) in [4.78, 5) is 25.1. The van der Waals surface area contributed by atoms with Gasteiger partial charge in [0.05, 0.1) is 5.56 Å². The molecule has 6 nitrogen and oxygen atoms in total. The van der Waals surface area contributed by atoms with Gasteiger partial charge in [-0.05, 0) is 12.1 Å². The van der Waals surface area contributed by atoms with E-state index in [0.29, 0.717) is 0 Å². The molecule has 0 aliphatic rings. The van der Waals surface area contributed by atoms with Crippen LogP contribution in [0.4, 0.5) is 0 Å². The van der Waals surface area contributed by atoms with E-state index < -0.39 is 11.9 Å². The molecule has 0 atom stereocenters. The second-order valence-corrected chi connectivity index (χ2v) is 2.18. The zero-order valence-electron chi connectivity index (χ0n) is 6.52. The van der Waals surface area contributed by atoms with Gasteiger partial charge in [-0.1, -0.05) is 0 Å². The number of carboxylic acid groups (broad SMARTS) is 1. The number of nitrogens with two attached hydrogens (primary N) is 1. The van der Waals surface area contributed by atoms with Gasteiger partial charge in [0, 0.05) is 6.20 Å². The standard InChI is InChI=1S/C7H7N3O3/c8-10-6(11)4-2-1-3-9-5(4)7(12)13/h1-3H,8H2,(H,10,11)(H,12,13). The largest absolute Gasteiger partial charge is 0.476 e. The summed E-state index contributed by atoms with van der Waals surface area (Å²) in [5.41, 5.74) is 1.46. The SMILES string of the molecule is NNC(=O)c1cccnc1C(=O)O. The third kappa shape index (κ3) is 1.79. The number of hydrazine groups is 1. The summed E-state index contributed by atoms with van der Waals surface area (Å²) >= 11 is 0. The Hall–Kier alpha value is -1.95. The highest BCUT2D eigenvalue weighted by atomic mass is 16.4. The highest BCUT2D eigenvalue weighted by molar-refractivity contribution is 6.03. The van der Waals surface area contributed by atoms with Crippen LogP contribution in [0.15, 0.2) is 18.3 Å². The fraction of sp³-hybridized carbons (Fsp3) is 0. The minimum Gasteiger partial charge on any atom is -0.476 e.